The average Bonchev–Trinajstić information content (AvgIpc) is 2.70. The molecule has 0 aliphatic carbocycles. The van der Waals surface area contributed by atoms with Gasteiger partial charge in [0.25, 0.3) is 0 Å². The molecule has 3 rings (SSSR count). The van der Waals surface area contributed by atoms with E-state index in [1.165, 1.54) is 29.6 Å². The van der Waals surface area contributed by atoms with E-state index in [4.69, 9.17) is 4.74 Å². The fourth-order valence-electron chi connectivity index (χ4n) is 3.14. The van der Waals surface area contributed by atoms with Crippen LogP contribution in [0.25, 0.3) is 0 Å². The summed E-state index contributed by atoms with van der Waals surface area (Å²) in [6, 6.07) is 8.43. The second-order valence-corrected chi connectivity index (χ2v) is 9.36. The molecule has 0 saturated carbocycles. The Balaban J connectivity index is 1.71. The topological polar surface area (TPSA) is 93.0 Å². The summed E-state index contributed by atoms with van der Waals surface area (Å²) in [7, 11) is -2.60. The number of halogens is 2. The van der Waals surface area contributed by atoms with Gasteiger partial charge in [0, 0.05) is 48.8 Å². The van der Waals surface area contributed by atoms with Crippen LogP contribution in [0.4, 0.5) is 10.1 Å². The van der Waals surface area contributed by atoms with Crippen LogP contribution in [-0.4, -0.2) is 55.8 Å². The SMILES string of the molecule is COc1ccc(S(=O)(=O)N2CCN(Cc3ccc(Br)cc3F)CC2)cc1[N+](=O)[O-]. The van der Waals surface area contributed by atoms with Gasteiger partial charge in [-0.15, -0.1) is 0 Å². The van der Waals surface area contributed by atoms with Gasteiger partial charge in [0.1, 0.15) is 5.82 Å². The van der Waals surface area contributed by atoms with E-state index in [-0.39, 0.29) is 29.6 Å². The van der Waals surface area contributed by atoms with Gasteiger partial charge in [-0.3, -0.25) is 15.0 Å². The van der Waals surface area contributed by atoms with Crippen LogP contribution in [0.3, 0.4) is 0 Å². The second kappa shape index (κ2) is 8.74. The maximum Gasteiger partial charge on any atom is 0.312 e. The van der Waals surface area contributed by atoms with Crippen LogP contribution in [0.2, 0.25) is 0 Å². The minimum absolute atomic E-state index is 0.00436. The van der Waals surface area contributed by atoms with E-state index < -0.39 is 20.6 Å². The second-order valence-electron chi connectivity index (χ2n) is 6.51. The first kappa shape index (κ1) is 21.6. The lowest BCUT2D eigenvalue weighted by Gasteiger charge is -2.34. The molecule has 1 heterocycles. The number of hydrogen-bond donors (Lipinski definition) is 0. The summed E-state index contributed by atoms with van der Waals surface area (Å²) in [6.45, 7) is 1.64. The van der Waals surface area contributed by atoms with Crippen LogP contribution in [0.1, 0.15) is 5.56 Å². The highest BCUT2D eigenvalue weighted by molar-refractivity contribution is 9.10. The standard InChI is InChI=1S/C18H19BrFN3O5S/c1-28-18-5-4-15(11-17(18)23(24)25)29(26,27)22-8-6-21(7-9-22)12-13-2-3-14(19)10-16(13)20/h2-5,10-11H,6-9,12H2,1H3. The van der Waals surface area contributed by atoms with E-state index >= 15 is 0 Å². The van der Waals surface area contributed by atoms with E-state index in [9.17, 15) is 22.9 Å². The van der Waals surface area contributed by atoms with Crippen molar-refractivity contribution in [2.45, 2.75) is 11.4 Å². The Labute approximate surface area is 176 Å². The summed E-state index contributed by atoms with van der Waals surface area (Å²) in [5.41, 5.74) is 0.133. The quantitative estimate of drug-likeness (QED) is 0.459. The van der Waals surface area contributed by atoms with Crippen molar-refractivity contribution in [1.29, 1.82) is 0 Å². The molecule has 1 aliphatic heterocycles. The molecule has 0 atom stereocenters. The van der Waals surface area contributed by atoms with Gasteiger partial charge in [0.15, 0.2) is 5.75 Å². The lowest BCUT2D eigenvalue weighted by Crippen LogP contribution is -2.48. The summed E-state index contributed by atoms with van der Waals surface area (Å²) in [5, 5.41) is 11.2. The van der Waals surface area contributed by atoms with Crippen molar-refractivity contribution in [3.63, 3.8) is 0 Å². The molecule has 0 bridgehead atoms. The third-order valence-corrected chi connectivity index (χ3v) is 7.11. The van der Waals surface area contributed by atoms with Crippen LogP contribution in [0, 0.1) is 15.9 Å². The molecular weight excluding hydrogens is 469 g/mol. The van der Waals surface area contributed by atoms with E-state index in [0.29, 0.717) is 29.7 Å². The molecule has 0 unspecified atom stereocenters. The van der Waals surface area contributed by atoms with Crippen LogP contribution >= 0.6 is 15.9 Å². The molecule has 0 radical (unpaired) electrons. The van der Waals surface area contributed by atoms with Crippen LogP contribution in [0.5, 0.6) is 5.75 Å². The Bertz CT molecular complexity index is 1030. The zero-order valence-corrected chi connectivity index (χ0v) is 17.9. The Hall–Kier alpha value is -2.08. The smallest absolute Gasteiger partial charge is 0.312 e. The van der Waals surface area contributed by atoms with Gasteiger partial charge in [0.2, 0.25) is 10.0 Å². The highest BCUT2D eigenvalue weighted by Crippen LogP contribution is 2.31. The summed E-state index contributed by atoms with van der Waals surface area (Å²) in [6.07, 6.45) is 0. The molecule has 1 saturated heterocycles. The first-order valence-corrected chi connectivity index (χ1v) is 10.9. The molecule has 8 nitrogen and oxygen atoms in total. The third kappa shape index (κ3) is 4.74. The number of sulfonamides is 1. The largest absolute Gasteiger partial charge is 0.490 e. The molecule has 0 N–H and O–H groups in total. The molecule has 0 amide bonds. The first-order chi connectivity index (χ1) is 13.7. The summed E-state index contributed by atoms with van der Waals surface area (Å²) >= 11 is 3.22. The van der Waals surface area contributed by atoms with Gasteiger partial charge in [-0.05, 0) is 24.3 Å². The van der Waals surface area contributed by atoms with Crippen molar-refractivity contribution < 1.29 is 22.5 Å². The number of nitro benzene ring substituents is 1. The van der Waals surface area contributed by atoms with Crippen LogP contribution < -0.4 is 4.74 Å². The molecule has 29 heavy (non-hydrogen) atoms. The van der Waals surface area contributed by atoms with E-state index in [1.807, 2.05) is 4.90 Å². The minimum Gasteiger partial charge on any atom is -0.490 e. The molecule has 2 aromatic rings. The number of nitrogens with zero attached hydrogens (tertiary/aromatic N) is 3. The first-order valence-electron chi connectivity index (χ1n) is 8.71. The molecule has 11 heteroatoms. The molecular formula is C18H19BrFN3O5S. The number of piperazine rings is 1. The number of ether oxygens (including phenoxy) is 1. The molecule has 1 aliphatic rings. The Morgan fingerprint density at radius 1 is 1.17 bits per heavy atom. The van der Waals surface area contributed by atoms with Crippen molar-refractivity contribution in [3.05, 3.63) is 62.4 Å². The highest BCUT2D eigenvalue weighted by Gasteiger charge is 2.30. The van der Waals surface area contributed by atoms with Gasteiger partial charge < -0.3 is 4.74 Å². The molecule has 156 valence electrons. The Morgan fingerprint density at radius 2 is 1.86 bits per heavy atom. The number of hydrogen-bond acceptors (Lipinski definition) is 6. The number of benzene rings is 2. The van der Waals surface area contributed by atoms with Crippen LogP contribution in [-0.2, 0) is 16.6 Å². The van der Waals surface area contributed by atoms with E-state index in [1.54, 1.807) is 12.1 Å². The molecule has 0 spiro atoms. The maximum absolute atomic E-state index is 14.0. The normalized spacial score (nSPS) is 16.0. The summed E-state index contributed by atoms with van der Waals surface area (Å²) in [5.74, 6) is -0.324. The number of methoxy groups -OCH3 is 1. The third-order valence-electron chi connectivity index (χ3n) is 4.73. The van der Waals surface area contributed by atoms with E-state index in [0.717, 1.165) is 6.07 Å². The lowest BCUT2D eigenvalue weighted by atomic mass is 10.2. The minimum atomic E-state index is -3.89. The van der Waals surface area contributed by atoms with Gasteiger partial charge in [0.05, 0.1) is 16.9 Å². The highest BCUT2D eigenvalue weighted by atomic mass is 79.9. The lowest BCUT2D eigenvalue weighted by molar-refractivity contribution is -0.386. The Kier molecular flexibility index (Phi) is 6.52. The zero-order valence-electron chi connectivity index (χ0n) is 15.5. The summed E-state index contributed by atoms with van der Waals surface area (Å²) in [4.78, 5) is 12.3. The maximum atomic E-state index is 14.0. The van der Waals surface area contributed by atoms with Gasteiger partial charge in [-0.25, -0.2) is 12.8 Å². The van der Waals surface area contributed by atoms with Gasteiger partial charge in [-0.1, -0.05) is 22.0 Å². The molecule has 2 aromatic carbocycles. The number of rotatable bonds is 6. The predicted molar refractivity (Wildman–Crippen MR) is 108 cm³/mol. The Morgan fingerprint density at radius 3 is 2.45 bits per heavy atom. The molecule has 1 fully saturated rings. The predicted octanol–water partition coefficient (Wildman–Crippen LogP) is 3.01. The van der Waals surface area contributed by atoms with Crippen molar-refractivity contribution in [3.8, 4) is 5.75 Å². The zero-order chi connectivity index (χ0) is 21.2. The van der Waals surface area contributed by atoms with E-state index in [2.05, 4.69) is 15.9 Å². The van der Waals surface area contributed by atoms with Crippen LogP contribution in [0.15, 0.2) is 45.8 Å². The van der Waals surface area contributed by atoms with Gasteiger partial charge >= 0.3 is 5.69 Å². The molecule has 0 aromatic heterocycles. The van der Waals surface area contributed by atoms with Gasteiger partial charge in [-0.2, -0.15) is 4.31 Å². The summed E-state index contributed by atoms with van der Waals surface area (Å²) < 4.78 is 46.7. The monoisotopic (exact) mass is 487 g/mol. The van der Waals surface area contributed by atoms with Crippen molar-refractivity contribution in [2.24, 2.45) is 0 Å². The van der Waals surface area contributed by atoms with Crippen molar-refractivity contribution in [1.82, 2.24) is 9.21 Å². The average molecular weight is 488 g/mol. The van der Waals surface area contributed by atoms with Crippen molar-refractivity contribution in [2.75, 3.05) is 33.3 Å². The fourth-order valence-corrected chi connectivity index (χ4v) is 4.92. The fraction of sp³-hybridized carbons (Fsp3) is 0.333. The van der Waals surface area contributed by atoms with Crippen molar-refractivity contribution >= 4 is 31.6 Å². The number of nitro groups is 1.